The van der Waals surface area contributed by atoms with Crippen molar-refractivity contribution in [2.75, 3.05) is 19.6 Å². The van der Waals surface area contributed by atoms with Crippen molar-refractivity contribution in [3.8, 4) is 0 Å². The highest BCUT2D eigenvalue weighted by Crippen LogP contribution is 2.32. The molecule has 6 nitrogen and oxygen atoms in total. The van der Waals surface area contributed by atoms with E-state index in [4.69, 9.17) is 0 Å². The van der Waals surface area contributed by atoms with E-state index in [1.165, 1.54) is 10.9 Å². The molecule has 2 N–H and O–H groups in total. The molecule has 168 valence electrons. The Labute approximate surface area is 189 Å². The number of H-pyrrole nitrogens is 1. The van der Waals surface area contributed by atoms with E-state index < -0.39 is 10.0 Å². The van der Waals surface area contributed by atoms with Crippen molar-refractivity contribution in [3.63, 3.8) is 0 Å². The molecular formula is C25H30N4O2S. The molecule has 1 saturated heterocycles. The van der Waals surface area contributed by atoms with Crippen LogP contribution in [0.15, 0.2) is 65.8 Å². The topological polar surface area (TPSA) is 70.1 Å². The van der Waals surface area contributed by atoms with E-state index in [2.05, 4.69) is 57.5 Å². The summed E-state index contributed by atoms with van der Waals surface area (Å²) >= 11 is 0. The highest BCUT2D eigenvalue weighted by molar-refractivity contribution is 7.89. The van der Waals surface area contributed by atoms with E-state index in [1.807, 2.05) is 24.4 Å². The SMILES string of the molecule is CC1CCN(C(CNS(=O)(=O)c2ccc3cc[nH]c3c2)c2cn(C)c3ccccc23)CC1. The Hall–Kier alpha value is -2.61. The van der Waals surface area contributed by atoms with E-state index in [-0.39, 0.29) is 10.9 Å². The largest absolute Gasteiger partial charge is 0.361 e. The Bertz CT molecular complexity index is 1350. The monoisotopic (exact) mass is 450 g/mol. The van der Waals surface area contributed by atoms with Gasteiger partial charge in [-0.25, -0.2) is 13.1 Å². The van der Waals surface area contributed by atoms with Gasteiger partial charge in [-0.05, 0) is 67.1 Å². The minimum atomic E-state index is -3.63. The zero-order chi connectivity index (χ0) is 22.3. The first-order valence-corrected chi connectivity index (χ1v) is 12.8. The first kappa shape index (κ1) is 21.2. The fourth-order valence-electron chi connectivity index (χ4n) is 4.88. The van der Waals surface area contributed by atoms with E-state index >= 15 is 0 Å². The Balaban J connectivity index is 1.46. The van der Waals surface area contributed by atoms with Crippen molar-refractivity contribution in [2.24, 2.45) is 13.0 Å². The third kappa shape index (κ3) is 3.96. The minimum absolute atomic E-state index is 0.0161. The van der Waals surface area contributed by atoms with Gasteiger partial charge in [-0.1, -0.05) is 31.2 Å². The summed E-state index contributed by atoms with van der Waals surface area (Å²) in [5.74, 6) is 0.712. The summed E-state index contributed by atoms with van der Waals surface area (Å²) in [6, 6.07) is 15.5. The zero-order valence-electron chi connectivity index (χ0n) is 18.6. The summed E-state index contributed by atoms with van der Waals surface area (Å²) in [7, 11) is -1.58. The number of rotatable bonds is 6. The molecule has 1 unspecified atom stereocenters. The van der Waals surface area contributed by atoms with Crippen molar-refractivity contribution >= 4 is 31.8 Å². The third-order valence-electron chi connectivity index (χ3n) is 6.85. The summed E-state index contributed by atoms with van der Waals surface area (Å²) in [6.45, 7) is 4.59. The number of aryl methyl sites for hydroxylation is 1. The molecule has 0 aliphatic carbocycles. The first-order valence-electron chi connectivity index (χ1n) is 11.3. The number of nitrogens with one attached hydrogen (secondary N) is 2. The van der Waals surface area contributed by atoms with Gasteiger partial charge in [0.05, 0.1) is 10.9 Å². The molecule has 7 heteroatoms. The molecule has 2 aromatic carbocycles. The molecule has 5 rings (SSSR count). The van der Waals surface area contributed by atoms with Crippen LogP contribution in [-0.2, 0) is 17.1 Å². The summed E-state index contributed by atoms with van der Waals surface area (Å²) in [4.78, 5) is 5.83. The number of piperidine rings is 1. The lowest BCUT2D eigenvalue weighted by Crippen LogP contribution is -2.41. The van der Waals surface area contributed by atoms with Gasteiger partial charge in [-0.15, -0.1) is 0 Å². The van der Waals surface area contributed by atoms with Crippen molar-refractivity contribution in [1.29, 1.82) is 0 Å². The molecule has 1 fully saturated rings. The molecule has 2 aromatic heterocycles. The van der Waals surface area contributed by atoms with Crippen molar-refractivity contribution in [1.82, 2.24) is 19.2 Å². The van der Waals surface area contributed by atoms with E-state index in [1.54, 1.807) is 12.1 Å². The molecule has 1 aliphatic rings. The molecule has 0 saturated carbocycles. The number of sulfonamides is 1. The van der Waals surface area contributed by atoms with Gasteiger partial charge in [0.15, 0.2) is 0 Å². The van der Waals surface area contributed by atoms with Crippen molar-refractivity contribution < 1.29 is 8.42 Å². The number of nitrogens with zero attached hydrogens (tertiary/aromatic N) is 2. The van der Waals surface area contributed by atoms with Crippen LogP contribution >= 0.6 is 0 Å². The molecule has 32 heavy (non-hydrogen) atoms. The van der Waals surface area contributed by atoms with Crippen LogP contribution in [0.3, 0.4) is 0 Å². The maximum Gasteiger partial charge on any atom is 0.240 e. The number of likely N-dealkylation sites (tertiary alicyclic amines) is 1. The molecule has 0 spiro atoms. The normalized spacial score (nSPS) is 17.3. The summed E-state index contributed by atoms with van der Waals surface area (Å²) < 4.78 is 31.4. The van der Waals surface area contributed by atoms with Crippen LogP contribution in [0.2, 0.25) is 0 Å². The lowest BCUT2D eigenvalue weighted by Gasteiger charge is -2.36. The highest BCUT2D eigenvalue weighted by Gasteiger charge is 2.28. The second-order valence-electron chi connectivity index (χ2n) is 9.03. The van der Waals surface area contributed by atoms with Crippen LogP contribution in [0.1, 0.15) is 31.4 Å². The quantitative estimate of drug-likeness (QED) is 0.457. The smallest absolute Gasteiger partial charge is 0.240 e. The average molecular weight is 451 g/mol. The second kappa shape index (κ2) is 8.39. The van der Waals surface area contributed by atoms with Crippen LogP contribution in [0.5, 0.6) is 0 Å². The van der Waals surface area contributed by atoms with Crippen LogP contribution < -0.4 is 4.72 Å². The van der Waals surface area contributed by atoms with E-state index in [9.17, 15) is 8.42 Å². The fraction of sp³-hybridized carbons (Fsp3) is 0.360. The molecule has 1 atom stereocenters. The number of hydrogen-bond donors (Lipinski definition) is 2. The molecule has 0 radical (unpaired) electrons. The molecular weight excluding hydrogens is 420 g/mol. The number of benzene rings is 2. The maximum absolute atomic E-state index is 13.2. The van der Waals surface area contributed by atoms with Crippen molar-refractivity contribution in [3.05, 3.63) is 66.5 Å². The van der Waals surface area contributed by atoms with Crippen LogP contribution in [-0.4, -0.2) is 42.5 Å². The van der Waals surface area contributed by atoms with Crippen molar-refractivity contribution in [2.45, 2.75) is 30.7 Å². The molecule has 4 aromatic rings. The van der Waals surface area contributed by atoms with Gasteiger partial charge in [0.2, 0.25) is 10.0 Å². The average Bonchev–Trinajstić information content (AvgIpc) is 3.39. The number of fused-ring (bicyclic) bond motifs is 2. The van der Waals surface area contributed by atoms with Gasteiger partial charge < -0.3 is 9.55 Å². The van der Waals surface area contributed by atoms with Gasteiger partial charge in [-0.2, -0.15) is 0 Å². The Morgan fingerprint density at radius 3 is 2.72 bits per heavy atom. The Morgan fingerprint density at radius 2 is 1.91 bits per heavy atom. The standard InChI is InChI=1S/C25H30N4O2S/c1-18-10-13-29(14-11-18)25(22-17-28(2)24-6-4-3-5-21(22)24)16-27-32(30,31)20-8-7-19-9-12-26-23(19)15-20/h3-9,12,15,17-18,25-27H,10-11,13-14,16H2,1-2H3. The molecule has 0 bridgehead atoms. The predicted molar refractivity (Wildman–Crippen MR) is 129 cm³/mol. The summed E-state index contributed by atoms with van der Waals surface area (Å²) in [5, 5.41) is 2.19. The van der Waals surface area contributed by atoms with Gasteiger partial charge in [0, 0.05) is 42.4 Å². The lowest BCUT2D eigenvalue weighted by atomic mass is 9.95. The maximum atomic E-state index is 13.2. The fourth-order valence-corrected chi connectivity index (χ4v) is 5.94. The predicted octanol–water partition coefficient (Wildman–Crippen LogP) is 4.41. The molecule has 3 heterocycles. The number of aromatic amines is 1. The Kier molecular flexibility index (Phi) is 5.57. The Morgan fingerprint density at radius 1 is 1.12 bits per heavy atom. The summed E-state index contributed by atoms with van der Waals surface area (Å²) in [5.41, 5.74) is 3.17. The number of hydrogen-bond acceptors (Lipinski definition) is 3. The second-order valence-corrected chi connectivity index (χ2v) is 10.8. The highest BCUT2D eigenvalue weighted by atomic mass is 32.2. The number of aromatic nitrogens is 2. The van der Waals surface area contributed by atoms with Gasteiger partial charge in [0.25, 0.3) is 0 Å². The number of para-hydroxylation sites is 1. The summed E-state index contributed by atoms with van der Waals surface area (Å²) in [6.07, 6.45) is 6.25. The van der Waals surface area contributed by atoms with Gasteiger partial charge >= 0.3 is 0 Å². The van der Waals surface area contributed by atoms with Crippen LogP contribution in [0.4, 0.5) is 0 Å². The minimum Gasteiger partial charge on any atom is -0.361 e. The zero-order valence-corrected chi connectivity index (χ0v) is 19.4. The first-order chi connectivity index (χ1) is 15.4. The van der Waals surface area contributed by atoms with Gasteiger partial charge in [0.1, 0.15) is 0 Å². The molecule has 1 aliphatic heterocycles. The third-order valence-corrected chi connectivity index (χ3v) is 8.27. The van der Waals surface area contributed by atoms with E-state index in [0.29, 0.717) is 12.5 Å². The van der Waals surface area contributed by atoms with Crippen LogP contribution in [0.25, 0.3) is 21.8 Å². The lowest BCUT2D eigenvalue weighted by molar-refractivity contribution is 0.139. The van der Waals surface area contributed by atoms with Crippen LogP contribution in [0, 0.1) is 5.92 Å². The van der Waals surface area contributed by atoms with E-state index in [0.717, 1.165) is 42.4 Å². The molecule has 0 amide bonds. The van der Waals surface area contributed by atoms with Gasteiger partial charge in [-0.3, -0.25) is 4.90 Å².